The second-order valence-electron chi connectivity index (χ2n) is 8.55. The van der Waals surface area contributed by atoms with E-state index in [0.717, 1.165) is 36.9 Å². The van der Waals surface area contributed by atoms with Crippen molar-refractivity contribution in [2.45, 2.75) is 24.8 Å². The smallest absolute Gasteiger partial charge is 0.475 e. The van der Waals surface area contributed by atoms with Gasteiger partial charge in [-0.05, 0) is 24.5 Å². The number of alkyl halides is 6. The number of anilines is 2. The van der Waals surface area contributed by atoms with Gasteiger partial charge in [0.05, 0.1) is 17.4 Å². The van der Waals surface area contributed by atoms with E-state index in [1.165, 1.54) is 17.6 Å². The van der Waals surface area contributed by atoms with Crippen molar-refractivity contribution < 1.29 is 41.0 Å². The fraction of sp³-hybridized carbons (Fsp3) is 0.450. The van der Waals surface area contributed by atoms with Gasteiger partial charge in [-0.25, -0.2) is 14.3 Å². The fourth-order valence-electron chi connectivity index (χ4n) is 4.18. The summed E-state index contributed by atoms with van der Waals surface area (Å²) >= 11 is 0. The molecule has 2 aliphatic rings. The van der Waals surface area contributed by atoms with Crippen LogP contribution in [0.4, 0.5) is 38.0 Å². The van der Waals surface area contributed by atoms with Gasteiger partial charge in [0.2, 0.25) is 5.95 Å². The Labute approximate surface area is 204 Å². The highest BCUT2D eigenvalue weighted by Gasteiger charge is 2.39. The zero-order valence-electron chi connectivity index (χ0n) is 19.0. The van der Waals surface area contributed by atoms with Gasteiger partial charge >= 0.3 is 18.3 Å². The van der Waals surface area contributed by atoms with Crippen LogP contribution in [0.1, 0.15) is 22.6 Å². The average molecular weight is 534 g/mol. The van der Waals surface area contributed by atoms with Crippen molar-refractivity contribution >= 4 is 29.0 Å². The maximum atomic E-state index is 13.2. The minimum Gasteiger partial charge on any atom is -0.475 e. The predicted molar refractivity (Wildman–Crippen MR) is 115 cm³/mol. The Morgan fingerprint density at radius 1 is 1.14 bits per heavy atom. The van der Waals surface area contributed by atoms with Crippen LogP contribution in [-0.2, 0) is 18.0 Å². The van der Waals surface area contributed by atoms with Crippen molar-refractivity contribution in [2.75, 3.05) is 29.9 Å². The first-order valence-corrected chi connectivity index (χ1v) is 10.8. The first kappa shape index (κ1) is 26.2. The van der Waals surface area contributed by atoms with Gasteiger partial charge < -0.3 is 20.6 Å². The van der Waals surface area contributed by atoms with E-state index in [-0.39, 0.29) is 5.69 Å². The highest BCUT2D eigenvalue weighted by atomic mass is 19.4. The molecular weight excluding hydrogens is 514 g/mol. The SMILES string of the molecule is Cn1cc(NC(=O)c2ccc3cnc(N4CC5CNC(C5)C4)nn23)c(C(F)(F)F)n1.O=C(O)C(F)(F)F. The van der Waals surface area contributed by atoms with Gasteiger partial charge in [-0.3, -0.25) is 9.48 Å². The Morgan fingerprint density at radius 3 is 2.46 bits per heavy atom. The number of aryl methyl sites for hydroxylation is 1. The number of carbonyl (C=O) groups is 2. The van der Waals surface area contributed by atoms with Crippen molar-refractivity contribution in [3.8, 4) is 0 Å². The maximum Gasteiger partial charge on any atom is 0.490 e. The van der Waals surface area contributed by atoms with E-state index in [4.69, 9.17) is 9.90 Å². The van der Waals surface area contributed by atoms with Crippen LogP contribution < -0.4 is 15.5 Å². The number of fused-ring (bicyclic) bond motifs is 3. The molecule has 5 rings (SSSR count). The molecule has 2 bridgehead atoms. The minimum atomic E-state index is -5.08. The molecule has 3 aromatic rings. The second-order valence-corrected chi connectivity index (χ2v) is 8.55. The van der Waals surface area contributed by atoms with Crippen LogP contribution in [0.3, 0.4) is 0 Å². The van der Waals surface area contributed by atoms with Gasteiger partial charge in [0.15, 0.2) is 5.69 Å². The number of nitrogens with zero attached hydrogens (tertiary/aromatic N) is 6. The summed E-state index contributed by atoms with van der Waals surface area (Å²) in [5, 5.41) is 20.8. The molecule has 5 heterocycles. The number of halogens is 6. The maximum absolute atomic E-state index is 13.2. The van der Waals surface area contributed by atoms with E-state index >= 15 is 0 Å². The highest BCUT2D eigenvalue weighted by Crippen LogP contribution is 2.33. The van der Waals surface area contributed by atoms with E-state index in [0.29, 0.717) is 23.4 Å². The number of aliphatic carboxylic acids is 1. The third kappa shape index (κ3) is 5.76. The van der Waals surface area contributed by atoms with E-state index in [1.807, 2.05) is 0 Å². The lowest BCUT2D eigenvalue weighted by Gasteiger charge is -2.30. The van der Waals surface area contributed by atoms with Crippen LogP contribution in [0.15, 0.2) is 24.5 Å². The summed E-state index contributed by atoms with van der Waals surface area (Å²) in [6.07, 6.45) is -5.91. The molecule has 17 heteroatoms. The Morgan fingerprint density at radius 2 is 1.84 bits per heavy atom. The van der Waals surface area contributed by atoms with Gasteiger partial charge in [-0.1, -0.05) is 0 Å². The third-order valence-electron chi connectivity index (χ3n) is 5.72. The van der Waals surface area contributed by atoms with Gasteiger partial charge in [0.25, 0.3) is 5.91 Å². The quantitative estimate of drug-likeness (QED) is 0.436. The molecule has 3 aromatic heterocycles. The number of carboxylic acid groups (broad SMARTS) is 1. The molecule has 0 aliphatic carbocycles. The van der Waals surface area contributed by atoms with Crippen LogP contribution in [0.2, 0.25) is 0 Å². The monoisotopic (exact) mass is 534 g/mol. The number of hydrogen-bond donors (Lipinski definition) is 3. The van der Waals surface area contributed by atoms with Crippen LogP contribution in [0.5, 0.6) is 0 Å². The van der Waals surface area contributed by atoms with Gasteiger partial charge in [-0.15, -0.1) is 5.10 Å². The Balaban J connectivity index is 0.000000405. The molecule has 11 nitrogen and oxygen atoms in total. The number of amides is 1. The fourth-order valence-corrected chi connectivity index (χ4v) is 4.18. The lowest BCUT2D eigenvalue weighted by molar-refractivity contribution is -0.192. The summed E-state index contributed by atoms with van der Waals surface area (Å²) in [6.45, 7) is 2.56. The molecule has 37 heavy (non-hydrogen) atoms. The number of carboxylic acids is 1. The van der Waals surface area contributed by atoms with Crippen LogP contribution in [-0.4, -0.2) is 73.2 Å². The molecule has 0 spiro atoms. The standard InChI is InChI=1S/C18H19F3N8O.C2HF3O2/c1-27-9-13(15(25-27)18(19,20)21)24-16(30)14-3-2-12-6-23-17(26-29(12)14)28-7-10-4-11(8-28)22-5-10;3-2(4,5)1(6)7/h2-3,6,9-11,22H,4-5,7-8H2,1H3,(H,24,30);(H,6,7). The molecule has 0 aromatic carbocycles. The molecule has 2 aliphatic heterocycles. The number of rotatable bonds is 3. The van der Waals surface area contributed by atoms with Gasteiger partial charge in [0, 0.05) is 38.9 Å². The summed E-state index contributed by atoms with van der Waals surface area (Å²) in [5.41, 5.74) is -0.864. The number of hydrogen-bond acceptors (Lipinski definition) is 7. The lowest BCUT2D eigenvalue weighted by Crippen LogP contribution is -2.42. The zero-order valence-corrected chi connectivity index (χ0v) is 19.0. The Kier molecular flexibility index (Phi) is 6.74. The number of aromatic nitrogens is 5. The van der Waals surface area contributed by atoms with Crippen molar-refractivity contribution in [1.82, 2.24) is 29.7 Å². The van der Waals surface area contributed by atoms with Crippen molar-refractivity contribution in [1.29, 1.82) is 0 Å². The largest absolute Gasteiger partial charge is 0.490 e. The minimum absolute atomic E-state index is 0.115. The zero-order chi connectivity index (χ0) is 27.1. The number of piperidine rings is 1. The molecular formula is C20H20F6N8O3. The number of carbonyl (C=O) groups excluding carboxylic acids is 1. The summed E-state index contributed by atoms with van der Waals surface area (Å²) in [5.74, 6) is -2.45. The normalized spacial score (nSPS) is 19.5. The van der Waals surface area contributed by atoms with Crippen molar-refractivity contribution in [2.24, 2.45) is 13.0 Å². The molecule has 0 saturated carbocycles. The topological polar surface area (TPSA) is 130 Å². The summed E-state index contributed by atoms with van der Waals surface area (Å²) in [4.78, 5) is 28.1. The molecule has 0 radical (unpaired) electrons. The summed E-state index contributed by atoms with van der Waals surface area (Å²) < 4.78 is 73.7. The van der Waals surface area contributed by atoms with Gasteiger partial charge in [0.1, 0.15) is 5.69 Å². The molecule has 2 saturated heterocycles. The highest BCUT2D eigenvalue weighted by molar-refractivity contribution is 6.04. The molecule has 200 valence electrons. The summed E-state index contributed by atoms with van der Waals surface area (Å²) in [7, 11) is 1.36. The van der Waals surface area contributed by atoms with E-state index in [9.17, 15) is 31.1 Å². The molecule has 2 atom stereocenters. The average Bonchev–Trinajstić information content (AvgIpc) is 3.49. The van der Waals surface area contributed by atoms with Crippen LogP contribution in [0.25, 0.3) is 5.52 Å². The van der Waals surface area contributed by atoms with Crippen molar-refractivity contribution in [3.63, 3.8) is 0 Å². The molecule has 3 N–H and O–H groups in total. The second kappa shape index (κ2) is 9.53. The summed E-state index contributed by atoms with van der Waals surface area (Å²) in [6, 6.07) is 3.55. The third-order valence-corrected chi connectivity index (χ3v) is 5.72. The van der Waals surface area contributed by atoms with Crippen LogP contribution in [0, 0.1) is 5.92 Å². The predicted octanol–water partition coefficient (Wildman–Crippen LogP) is 2.17. The van der Waals surface area contributed by atoms with E-state index in [2.05, 4.69) is 30.7 Å². The molecule has 2 fully saturated rings. The molecule has 2 unspecified atom stereocenters. The Hall–Kier alpha value is -3.89. The van der Waals surface area contributed by atoms with E-state index < -0.39 is 35.6 Å². The van der Waals surface area contributed by atoms with Gasteiger partial charge in [-0.2, -0.15) is 31.4 Å². The Bertz CT molecular complexity index is 1310. The molecule has 1 amide bonds. The van der Waals surface area contributed by atoms with Crippen molar-refractivity contribution in [3.05, 3.63) is 35.9 Å². The number of nitrogens with one attached hydrogen (secondary N) is 2. The van der Waals surface area contributed by atoms with E-state index in [1.54, 1.807) is 12.3 Å². The van der Waals surface area contributed by atoms with Crippen LogP contribution >= 0.6 is 0 Å². The lowest BCUT2D eigenvalue weighted by atomic mass is 10.0. The first-order valence-electron chi connectivity index (χ1n) is 10.8. The first-order chi connectivity index (χ1) is 17.2.